The molecule has 4 nitrogen and oxygen atoms in total. The zero-order valence-electron chi connectivity index (χ0n) is 15.6. The topological polar surface area (TPSA) is 36.2 Å². The van der Waals surface area contributed by atoms with E-state index in [-0.39, 0.29) is 22.1 Å². The molecule has 0 radical (unpaired) electrons. The van der Waals surface area contributed by atoms with Crippen LogP contribution in [0.25, 0.3) is 22.2 Å². The zero-order chi connectivity index (χ0) is 21.1. The highest BCUT2D eigenvalue weighted by molar-refractivity contribution is 5.84. The number of imidazole rings is 1. The number of fused-ring (bicyclic) bond motifs is 1. The van der Waals surface area contributed by atoms with Gasteiger partial charge in [-0.15, -0.1) is 13.2 Å². The molecular weight excluding hydrogens is 395 g/mol. The Balaban J connectivity index is 1.86. The number of halogens is 5. The predicted octanol–water partition coefficient (Wildman–Crippen LogP) is 4.98. The molecule has 0 spiro atoms. The average molecular weight is 412 g/mol. The quantitative estimate of drug-likeness (QED) is 0.567. The van der Waals surface area contributed by atoms with E-state index in [1.807, 2.05) is 6.92 Å². The Labute approximate surface area is 162 Å². The lowest BCUT2D eigenvalue weighted by Crippen LogP contribution is -2.25. The highest BCUT2D eigenvalue weighted by atomic mass is 19.4. The van der Waals surface area contributed by atoms with Gasteiger partial charge in [-0.2, -0.15) is 0 Å². The molecule has 0 amide bonds. The Hall–Kier alpha value is -2.84. The third-order valence-electron chi connectivity index (χ3n) is 5.34. The summed E-state index contributed by atoms with van der Waals surface area (Å²) in [6.07, 6.45) is -3.03. The Morgan fingerprint density at radius 2 is 1.79 bits per heavy atom. The lowest BCUT2D eigenvalue weighted by molar-refractivity contribution is -0.274. The molecule has 9 heteroatoms. The van der Waals surface area contributed by atoms with Gasteiger partial charge in [0.05, 0.1) is 5.52 Å². The van der Waals surface area contributed by atoms with Gasteiger partial charge in [-0.3, -0.25) is 9.13 Å². The van der Waals surface area contributed by atoms with Gasteiger partial charge in [0.15, 0.2) is 5.82 Å². The largest absolute Gasteiger partial charge is 0.573 e. The molecule has 0 unspecified atom stereocenters. The van der Waals surface area contributed by atoms with Gasteiger partial charge in [-0.1, -0.05) is 6.92 Å². The molecule has 3 aromatic rings. The summed E-state index contributed by atoms with van der Waals surface area (Å²) in [6.45, 7) is 2.47. The first-order valence-corrected chi connectivity index (χ1v) is 8.92. The molecule has 0 bridgehead atoms. The van der Waals surface area contributed by atoms with Crippen molar-refractivity contribution in [2.24, 2.45) is 12.5 Å². The summed E-state index contributed by atoms with van der Waals surface area (Å²) in [5, 5.41) is 0. The van der Waals surface area contributed by atoms with E-state index in [1.54, 1.807) is 0 Å². The summed E-state index contributed by atoms with van der Waals surface area (Å²) in [4.78, 5) is 12.6. The minimum atomic E-state index is -4.96. The number of ether oxygens (including phenoxy) is 1. The molecule has 0 N–H and O–H groups in total. The molecule has 1 aliphatic rings. The number of rotatable bonds is 4. The maximum atomic E-state index is 15.3. The van der Waals surface area contributed by atoms with Crippen molar-refractivity contribution in [1.82, 2.24) is 9.13 Å². The summed E-state index contributed by atoms with van der Waals surface area (Å²) in [6, 6.07) is 5.12. The second-order valence-corrected chi connectivity index (χ2v) is 7.72. The van der Waals surface area contributed by atoms with E-state index in [9.17, 15) is 22.4 Å². The van der Waals surface area contributed by atoms with Crippen molar-refractivity contribution < 1.29 is 26.7 Å². The first kappa shape index (κ1) is 19.5. The normalized spacial score (nSPS) is 15.7. The van der Waals surface area contributed by atoms with Gasteiger partial charge >= 0.3 is 12.1 Å². The highest BCUT2D eigenvalue weighted by Gasteiger charge is 2.38. The monoisotopic (exact) mass is 412 g/mol. The number of nitrogens with zero attached hydrogens (tertiary/aromatic N) is 2. The zero-order valence-corrected chi connectivity index (χ0v) is 15.6. The summed E-state index contributed by atoms with van der Waals surface area (Å²) in [7, 11) is 1.41. The SMILES string of the molecule is Cn1c(=O)n(CC2(C)CC2)c2ccc(-c3cc(OC(F)(F)F)ccc3F)c(F)c21. The molecule has 29 heavy (non-hydrogen) atoms. The molecule has 1 saturated carbocycles. The molecule has 0 atom stereocenters. The summed E-state index contributed by atoms with van der Waals surface area (Å²) < 4.78 is 73.5. The molecule has 0 aliphatic heterocycles. The van der Waals surface area contributed by atoms with Crippen LogP contribution in [0.3, 0.4) is 0 Å². The lowest BCUT2D eigenvalue weighted by atomic mass is 10.0. The average Bonchev–Trinajstić information content (AvgIpc) is 3.31. The standard InChI is InChI=1S/C20H17F5N2O2/c1-19(7-8-19)10-27-15-6-4-12(16(22)17(15)26(2)18(27)28)13-9-11(3-5-14(13)21)29-20(23,24)25/h3-6,9H,7-8,10H2,1-2H3. The number of hydrogen-bond acceptors (Lipinski definition) is 2. The molecule has 154 valence electrons. The molecule has 1 aliphatic carbocycles. The van der Waals surface area contributed by atoms with Crippen LogP contribution in [-0.4, -0.2) is 15.5 Å². The first-order chi connectivity index (χ1) is 13.5. The number of aryl methyl sites for hydroxylation is 1. The van der Waals surface area contributed by atoms with Gasteiger partial charge in [-0.25, -0.2) is 13.6 Å². The number of benzene rings is 2. The van der Waals surface area contributed by atoms with Crippen molar-refractivity contribution >= 4 is 11.0 Å². The van der Waals surface area contributed by atoms with Gasteiger partial charge < -0.3 is 4.74 Å². The summed E-state index contributed by atoms with van der Waals surface area (Å²) in [5.74, 6) is -2.46. The van der Waals surface area contributed by atoms with Crippen LogP contribution in [0.2, 0.25) is 0 Å². The van der Waals surface area contributed by atoms with E-state index in [4.69, 9.17) is 0 Å². The first-order valence-electron chi connectivity index (χ1n) is 8.92. The minimum absolute atomic E-state index is 0.0113. The Kier molecular flexibility index (Phi) is 4.25. The van der Waals surface area contributed by atoms with Crippen LogP contribution in [-0.2, 0) is 13.6 Å². The van der Waals surface area contributed by atoms with Crippen LogP contribution in [0.4, 0.5) is 22.0 Å². The van der Waals surface area contributed by atoms with Crippen molar-refractivity contribution in [2.75, 3.05) is 0 Å². The maximum absolute atomic E-state index is 15.3. The molecule has 1 fully saturated rings. The van der Waals surface area contributed by atoms with E-state index < -0.39 is 29.4 Å². The van der Waals surface area contributed by atoms with E-state index >= 15 is 4.39 Å². The number of hydrogen-bond donors (Lipinski definition) is 0. The minimum Gasteiger partial charge on any atom is -0.406 e. The molecule has 2 aromatic carbocycles. The van der Waals surface area contributed by atoms with Crippen molar-refractivity contribution in [2.45, 2.75) is 32.7 Å². The summed E-state index contributed by atoms with van der Waals surface area (Å²) >= 11 is 0. The van der Waals surface area contributed by atoms with Gasteiger partial charge in [0.2, 0.25) is 0 Å². The second-order valence-electron chi connectivity index (χ2n) is 7.72. The van der Waals surface area contributed by atoms with Gasteiger partial charge in [-0.05, 0) is 48.6 Å². The highest BCUT2D eigenvalue weighted by Crippen LogP contribution is 2.46. The fourth-order valence-corrected chi connectivity index (χ4v) is 3.49. The fraction of sp³-hybridized carbons (Fsp3) is 0.350. The lowest BCUT2D eigenvalue weighted by Gasteiger charge is -2.12. The van der Waals surface area contributed by atoms with Gasteiger partial charge in [0.1, 0.15) is 17.1 Å². The number of alkyl halides is 3. The van der Waals surface area contributed by atoms with Crippen LogP contribution < -0.4 is 10.4 Å². The maximum Gasteiger partial charge on any atom is 0.573 e. The van der Waals surface area contributed by atoms with Crippen molar-refractivity contribution in [3.05, 3.63) is 52.5 Å². The van der Waals surface area contributed by atoms with Crippen LogP contribution in [0.1, 0.15) is 19.8 Å². The fourth-order valence-electron chi connectivity index (χ4n) is 3.49. The molecular formula is C20H17F5N2O2. The molecule has 1 aromatic heterocycles. The van der Waals surface area contributed by atoms with Crippen molar-refractivity contribution in [3.8, 4) is 16.9 Å². The number of aromatic nitrogens is 2. The van der Waals surface area contributed by atoms with E-state index in [0.29, 0.717) is 12.1 Å². The van der Waals surface area contributed by atoms with Crippen LogP contribution in [0, 0.1) is 17.0 Å². The predicted molar refractivity (Wildman–Crippen MR) is 96.6 cm³/mol. The molecule has 0 saturated heterocycles. The van der Waals surface area contributed by atoms with Gasteiger partial charge in [0, 0.05) is 24.7 Å². The van der Waals surface area contributed by atoms with E-state index in [0.717, 1.165) is 35.6 Å². The van der Waals surface area contributed by atoms with Crippen molar-refractivity contribution in [1.29, 1.82) is 0 Å². The van der Waals surface area contributed by atoms with Crippen LogP contribution in [0.15, 0.2) is 35.1 Å². The molecule has 1 heterocycles. The Morgan fingerprint density at radius 3 is 2.41 bits per heavy atom. The Bertz CT molecular complexity index is 1170. The third kappa shape index (κ3) is 3.49. The van der Waals surface area contributed by atoms with E-state index in [1.165, 1.54) is 23.7 Å². The van der Waals surface area contributed by atoms with Crippen LogP contribution >= 0.6 is 0 Å². The van der Waals surface area contributed by atoms with Crippen molar-refractivity contribution in [3.63, 3.8) is 0 Å². The molecule has 4 rings (SSSR count). The Morgan fingerprint density at radius 1 is 1.10 bits per heavy atom. The second kappa shape index (κ2) is 6.33. The third-order valence-corrected chi connectivity index (χ3v) is 5.34. The summed E-state index contributed by atoms with van der Waals surface area (Å²) in [5.41, 5.74) is -0.733. The smallest absolute Gasteiger partial charge is 0.406 e. The van der Waals surface area contributed by atoms with Crippen LogP contribution in [0.5, 0.6) is 5.75 Å². The van der Waals surface area contributed by atoms with Gasteiger partial charge in [0.25, 0.3) is 0 Å². The van der Waals surface area contributed by atoms with E-state index in [2.05, 4.69) is 4.74 Å².